The summed E-state index contributed by atoms with van der Waals surface area (Å²) in [6.07, 6.45) is 0. The van der Waals surface area contributed by atoms with Gasteiger partial charge in [0.2, 0.25) is 0 Å². The minimum atomic E-state index is -0.412. The molecule has 0 fully saturated rings. The van der Waals surface area contributed by atoms with Crippen molar-refractivity contribution >= 4 is 62.0 Å². The summed E-state index contributed by atoms with van der Waals surface area (Å²) in [6.45, 7) is 6.23. The Kier molecular flexibility index (Phi) is 6.94. The van der Waals surface area contributed by atoms with Gasteiger partial charge in [-0.25, -0.2) is 0 Å². The Morgan fingerprint density at radius 1 is 1.19 bits per heavy atom. The summed E-state index contributed by atoms with van der Waals surface area (Å²) in [4.78, 5) is 17.5. The fraction of sp³-hybridized carbons (Fsp3) is 0.333. The first-order chi connectivity index (χ1) is 13.0. The van der Waals surface area contributed by atoms with Crippen LogP contribution < -0.4 is 9.54 Å². The Bertz CT molecular complexity index is 1020. The summed E-state index contributed by atoms with van der Waals surface area (Å²) in [6, 6.07) is 7.39. The lowest BCUT2D eigenvalue weighted by Crippen LogP contribution is -2.19. The topological polar surface area (TPSA) is 52.8 Å². The van der Waals surface area contributed by atoms with E-state index >= 15 is 0 Å². The molecule has 0 N–H and O–H groups in total. The maximum Gasteiger partial charge on any atom is 0.282 e. The molecule has 0 unspecified atom stereocenters. The third-order valence-electron chi connectivity index (χ3n) is 3.71. The molecule has 27 heavy (non-hydrogen) atoms. The van der Waals surface area contributed by atoms with Crippen LogP contribution in [-0.4, -0.2) is 30.3 Å². The van der Waals surface area contributed by atoms with Gasteiger partial charge in [-0.15, -0.1) is 11.3 Å². The van der Waals surface area contributed by atoms with Crippen LogP contribution in [0.5, 0.6) is 5.75 Å². The van der Waals surface area contributed by atoms with Crippen LogP contribution >= 0.6 is 45.9 Å². The van der Waals surface area contributed by atoms with Gasteiger partial charge in [-0.2, -0.15) is 4.99 Å². The molecule has 0 bridgehead atoms. The molecule has 9 heteroatoms. The van der Waals surface area contributed by atoms with Crippen molar-refractivity contribution in [1.82, 2.24) is 4.57 Å². The molecule has 144 valence electrons. The second kappa shape index (κ2) is 9.21. The third-order valence-corrected chi connectivity index (χ3v) is 6.24. The number of amides is 1. The molecule has 0 radical (unpaired) electrons. The minimum absolute atomic E-state index is 0.315. The van der Waals surface area contributed by atoms with Crippen LogP contribution in [0.2, 0.25) is 8.67 Å². The summed E-state index contributed by atoms with van der Waals surface area (Å²) in [5.74, 6) is 0.374. The lowest BCUT2D eigenvalue weighted by molar-refractivity contribution is 0.0997. The van der Waals surface area contributed by atoms with Gasteiger partial charge in [0, 0.05) is 13.2 Å². The first kappa shape index (κ1) is 20.4. The molecule has 0 spiro atoms. The van der Waals surface area contributed by atoms with Gasteiger partial charge in [-0.1, -0.05) is 34.5 Å². The predicted octanol–water partition coefficient (Wildman–Crippen LogP) is 5.25. The molecular weight excluding hydrogens is 427 g/mol. The average molecular weight is 445 g/mol. The van der Waals surface area contributed by atoms with E-state index in [1.54, 1.807) is 6.07 Å². The summed E-state index contributed by atoms with van der Waals surface area (Å²) in [5, 5.41) is 0. The fourth-order valence-corrected chi connectivity index (χ4v) is 5.08. The molecule has 2 aromatic heterocycles. The highest BCUT2D eigenvalue weighted by Crippen LogP contribution is 2.31. The standard InChI is InChI=1S/C18H18Cl2N2O3S2/c1-3-24-8-7-22-13-6-5-11(25-4-2)9-14(13)26-18(22)21-17(23)12-10-15(19)27-16(12)20/h5-6,9-10H,3-4,7-8H2,1-2H3. The smallest absolute Gasteiger partial charge is 0.282 e. The van der Waals surface area contributed by atoms with Crippen LogP contribution in [0.1, 0.15) is 24.2 Å². The zero-order chi connectivity index (χ0) is 19.4. The molecule has 0 aliphatic carbocycles. The maximum absolute atomic E-state index is 12.6. The lowest BCUT2D eigenvalue weighted by atomic mass is 10.3. The van der Waals surface area contributed by atoms with Crippen LogP contribution in [0.3, 0.4) is 0 Å². The molecule has 3 aromatic rings. The number of hydrogen-bond donors (Lipinski definition) is 0. The van der Waals surface area contributed by atoms with Gasteiger partial charge in [-0.05, 0) is 38.1 Å². The van der Waals surface area contributed by atoms with Crippen molar-refractivity contribution in [3.8, 4) is 5.75 Å². The first-order valence-corrected chi connectivity index (χ1v) is 10.8. The van der Waals surface area contributed by atoms with E-state index < -0.39 is 5.91 Å². The minimum Gasteiger partial charge on any atom is -0.494 e. The summed E-state index contributed by atoms with van der Waals surface area (Å²) >= 11 is 14.6. The maximum atomic E-state index is 12.6. The van der Waals surface area contributed by atoms with Gasteiger partial charge in [0.05, 0.1) is 33.3 Å². The number of rotatable bonds is 7. The zero-order valence-corrected chi connectivity index (χ0v) is 18.0. The summed E-state index contributed by atoms with van der Waals surface area (Å²) < 4.78 is 14.8. The normalized spacial score (nSPS) is 12.1. The number of carbonyl (C=O) groups excluding carboxylic acids is 1. The van der Waals surface area contributed by atoms with Crippen LogP contribution in [-0.2, 0) is 11.3 Å². The number of nitrogens with zero attached hydrogens (tertiary/aromatic N) is 2. The SMILES string of the molecule is CCOCCn1c(=NC(=O)c2cc(Cl)sc2Cl)sc2cc(OCC)ccc21. The molecule has 0 saturated heterocycles. The van der Waals surface area contributed by atoms with Gasteiger partial charge < -0.3 is 14.0 Å². The van der Waals surface area contributed by atoms with Gasteiger partial charge in [0.25, 0.3) is 5.91 Å². The Balaban J connectivity index is 2.07. The van der Waals surface area contributed by atoms with Gasteiger partial charge >= 0.3 is 0 Å². The number of ether oxygens (including phenoxy) is 2. The van der Waals surface area contributed by atoms with Crippen molar-refractivity contribution in [1.29, 1.82) is 0 Å². The summed E-state index contributed by atoms with van der Waals surface area (Å²) in [5.41, 5.74) is 1.29. The Labute approximate surface area is 174 Å². The molecule has 0 aliphatic rings. The average Bonchev–Trinajstić information content (AvgIpc) is 3.14. The highest BCUT2D eigenvalue weighted by atomic mass is 35.5. The van der Waals surface area contributed by atoms with Crippen molar-refractivity contribution in [2.24, 2.45) is 4.99 Å². The van der Waals surface area contributed by atoms with Crippen molar-refractivity contribution in [2.75, 3.05) is 19.8 Å². The van der Waals surface area contributed by atoms with Crippen molar-refractivity contribution < 1.29 is 14.3 Å². The number of carbonyl (C=O) groups is 1. The first-order valence-electron chi connectivity index (χ1n) is 8.41. The van der Waals surface area contributed by atoms with Crippen LogP contribution in [0.15, 0.2) is 29.3 Å². The fourth-order valence-electron chi connectivity index (χ4n) is 2.54. The molecule has 5 nitrogen and oxygen atoms in total. The molecule has 1 aromatic carbocycles. The van der Waals surface area contributed by atoms with Gasteiger partial charge in [0.1, 0.15) is 10.1 Å². The van der Waals surface area contributed by atoms with E-state index in [0.29, 0.717) is 45.4 Å². The number of fused-ring (bicyclic) bond motifs is 1. The van der Waals surface area contributed by atoms with E-state index in [2.05, 4.69) is 4.99 Å². The van der Waals surface area contributed by atoms with E-state index in [1.807, 2.05) is 36.6 Å². The van der Waals surface area contributed by atoms with E-state index in [4.69, 9.17) is 32.7 Å². The van der Waals surface area contributed by atoms with Crippen LogP contribution in [0.4, 0.5) is 0 Å². The number of thiazole rings is 1. The van der Waals surface area contributed by atoms with Crippen molar-refractivity contribution in [3.63, 3.8) is 0 Å². The zero-order valence-electron chi connectivity index (χ0n) is 14.8. The quantitative estimate of drug-likeness (QED) is 0.467. The van der Waals surface area contributed by atoms with Crippen molar-refractivity contribution in [2.45, 2.75) is 20.4 Å². The molecule has 2 heterocycles. The molecule has 0 atom stereocenters. The molecule has 1 amide bonds. The number of benzene rings is 1. The number of thiophene rings is 1. The van der Waals surface area contributed by atoms with E-state index in [1.165, 1.54) is 11.3 Å². The summed E-state index contributed by atoms with van der Waals surface area (Å²) in [7, 11) is 0. The lowest BCUT2D eigenvalue weighted by Gasteiger charge is -2.06. The Morgan fingerprint density at radius 3 is 2.67 bits per heavy atom. The van der Waals surface area contributed by atoms with Crippen LogP contribution in [0.25, 0.3) is 10.2 Å². The van der Waals surface area contributed by atoms with E-state index in [-0.39, 0.29) is 0 Å². The second-order valence-electron chi connectivity index (χ2n) is 5.45. The third kappa shape index (κ3) is 4.73. The van der Waals surface area contributed by atoms with Crippen molar-refractivity contribution in [3.05, 3.63) is 43.3 Å². The number of halogens is 2. The Hall–Kier alpha value is -1.38. The van der Waals surface area contributed by atoms with E-state index in [9.17, 15) is 4.79 Å². The largest absolute Gasteiger partial charge is 0.494 e. The molecule has 0 saturated carbocycles. The second-order valence-corrected chi connectivity index (χ2v) is 8.75. The van der Waals surface area contributed by atoms with E-state index in [0.717, 1.165) is 27.3 Å². The Morgan fingerprint density at radius 2 is 2.00 bits per heavy atom. The monoisotopic (exact) mass is 444 g/mol. The predicted molar refractivity (Wildman–Crippen MR) is 112 cm³/mol. The number of aromatic nitrogens is 1. The van der Waals surface area contributed by atoms with Gasteiger partial charge in [0.15, 0.2) is 4.80 Å². The highest BCUT2D eigenvalue weighted by Gasteiger charge is 2.15. The van der Waals surface area contributed by atoms with Gasteiger partial charge in [-0.3, -0.25) is 4.79 Å². The molecule has 0 aliphatic heterocycles. The molecule has 3 rings (SSSR count). The molecular formula is C18H18Cl2N2O3S2. The number of hydrogen-bond acceptors (Lipinski definition) is 5. The highest BCUT2D eigenvalue weighted by molar-refractivity contribution is 7.20. The van der Waals surface area contributed by atoms with Crippen LogP contribution in [0, 0.1) is 0 Å².